The van der Waals surface area contributed by atoms with Crippen LogP contribution in [0.25, 0.3) is 0 Å². The van der Waals surface area contributed by atoms with Gasteiger partial charge >= 0.3 is 0 Å². The lowest BCUT2D eigenvalue weighted by atomic mass is 10.1. The van der Waals surface area contributed by atoms with E-state index in [0.29, 0.717) is 17.1 Å². The van der Waals surface area contributed by atoms with Gasteiger partial charge in [-0.1, -0.05) is 18.2 Å². The number of carbonyl (C=O) groups is 2. The van der Waals surface area contributed by atoms with Crippen LogP contribution in [0.1, 0.15) is 27.3 Å². The van der Waals surface area contributed by atoms with Crippen LogP contribution in [0.2, 0.25) is 0 Å². The highest BCUT2D eigenvalue weighted by molar-refractivity contribution is 6.03. The molecule has 0 aliphatic heterocycles. The summed E-state index contributed by atoms with van der Waals surface area (Å²) in [5, 5.41) is 12.5. The lowest BCUT2D eigenvalue weighted by molar-refractivity contribution is -0.115. The summed E-state index contributed by atoms with van der Waals surface area (Å²) in [6, 6.07) is 12.2. The number of aromatic nitrogens is 3. The van der Waals surface area contributed by atoms with Crippen molar-refractivity contribution in [1.82, 2.24) is 15.2 Å². The van der Waals surface area contributed by atoms with Crippen LogP contribution in [0.4, 0.5) is 11.5 Å². The predicted octanol–water partition coefficient (Wildman–Crippen LogP) is 2.86. The van der Waals surface area contributed by atoms with Gasteiger partial charge in [-0.2, -0.15) is 5.10 Å². The molecule has 26 heavy (non-hydrogen) atoms. The maximum absolute atomic E-state index is 12.2. The van der Waals surface area contributed by atoms with Gasteiger partial charge in [-0.15, -0.1) is 0 Å². The molecule has 7 heteroatoms. The third-order valence-corrected chi connectivity index (χ3v) is 3.94. The molecule has 0 aliphatic rings. The number of nitrogens with one attached hydrogen (secondary N) is 3. The molecule has 3 N–H and O–H groups in total. The number of H-pyrrole nitrogens is 1. The van der Waals surface area contributed by atoms with Crippen LogP contribution in [0.5, 0.6) is 0 Å². The number of benzene rings is 1. The number of nitrogens with zero attached hydrogens (tertiary/aromatic N) is 2. The fraction of sp³-hybridized carbons (Fsp3) is 0.158. The van der Waals surface area contributed by atoms with Gasteiger partial charge in [0.25, 0.3) is 5.91 Å². The minimum atomic E-state index is -0.235. The summed E-state index contributed by atoms with van der Waals surface area (Å²) in [7, 11) is 0. The number of amides is 2. The molecule has 2 amide bonds. The van der Waals surface area contributed by atoms with Crippen LogP contribution in [0.15, 0.2) is 48.7 Å². The summed E-state index contributed by atoms with van der Waals surface area (Å²) < 4.78 is 0. The molecule has 0 saturated carbocycles. The van der Waals surface area contributed by atoms with Crippen molar-refractivity contribution in [2.75, 3.05) is 10.6 Å². The van der Waals surface area contributed by atoms with Crippen LogP contribution >= 0.6 is 0 Å². The topological polar surface area (TPSA) is 99.8 Å². The second kappa shape index (κ2) is 7.60. The molecule has 0 unspecified atom stereocenters. The zero-order valence-electron chi connectivity index (χ0n) is 14.5. The first-order valence-corrected chi connectivity index (χ1v) is 8.15. The molecule has 0 radical (unpaired) electrons. The first-order chi connectivity index (χ1) is 12.5. The highest BCUT2D eigenvalue weighted by Gasteiger charge is 2.12. The molecule has 2 heterocycles. The lowest BCUT2D eigenvalue weighted by Gasteiger charge is -2.07. The lowest BCUT2D eigenvalue weighted by Crippen LogP contribution is -2.16. The molecule has 132 valence electrons. The van der Waals surface area contributed by atoms with E-state index in [4.69, 9.17) is 0 Å². The monoisotopic (exact) mass is 349 g/mol. The second-order valence-corrected chi connectivity index (χ2v) is 5.89. The highest BCUT2D eigenvalue weighted by Crippen LogP contribution is 2.14. The minimum absolute atomic E-state index is 0.152. The van der Waals surface area contributed by atoms with Gasteiger partial charge in [-0.25, -0.2) is 4.98 Å². The molecule has 3 aromatic rings. The van der Waals surface area contributed by atoms with E-state index in [1.165, 1.54) is 6.20 Å². The number of aryl methyl sites for hydroxylation is 2. The van der Waals surface area contributed by atoms with Crippen LogP contribution in [0, 0.1) is 13.8 Å². The van der Waals surface area contributed by atoms with E-state index >= 15 is 0 Å². The molecule has 0 spiro atoms. The molecule has 0 saturated heterocycles. The van der Waals surface area contributed by atoms with Crippen molar-refractivity contribution < 1.29 is 9.59 Å². The largest absolute Gasteiger partial charge is 0.324 e. The Balaban J connectivity index is 1.59. The third-order valence-electron chi connectivity index (χ3n) is 3.94. The number of anilines is 2. The van der Waals surface area contributed by atoms with E-state index in [2.05, 4.69) is 25.8 Å². The molecule has 1 aromatic carbocycles. The second-order valence-electron chi connectivity index (χ2n) is 5.89. The Bertz CT molecular complexity index is 897. The molecule has 0 atom stereocenters. The molecule has 0 fully saturated rings. The smallest absolute Gasteiger partial charge is 0.256 e. The number of pyridine rings is 1. The van der Waals surface area contributed by atoms with Gasteiger partial charge in [-0.05, 0) is 38.1 Å². The van der Waals surface area contributed by atoms with E-state index in [0.717, 1.165) is 17.0 Å². The normalized spacial score (nSPS) is 10.4. The number of aromatic amines is 1. The van der Waals surface area contributed by atoms with Crippen LogP contribution in [0.3, 0.4) is 0 Å². The van der Waals surface area contributed by atoms with E-state index in [9.17, 15) is 9.59 Å². The van der Waals surface area contributed by atoms with Gasteiger partial charge in [0.2, 0.25) is 5.91 Å². The molecule has 0 aliphatic carbocycles. The van der Waals surface area contributed by atoms with Crippen molar-refractivity contribution in [2.24, 2.45) is 0 Å². The van der Waals surface area contributed by atoms with Gasteiger partial charge in [0.05, 0.1) is 24.0 Å². The van der Waals surface area contributed by atoms with Crippen LogP contribution < -0.4 is 10.6 Å². The quantitative estimate of drug-likeness (QED) is 0.659. The molecule has 2 aromatic heterocycles. The zero-order chi connectivity index (χ0) is 18.5. The van der Waals surface area contributed by atoms with Crippen molar-refractivity contribution in [1.29, 1.82) is 0 Å². The summed E-state index contributed by atoms with van der Waals surface area (Å²) >= 11 is 0. The number of carbonyl (C=O) groups excluding carboxylic acids is 2. The van der Waals surface area contributed by atoms with Gasteiger partial charge in [-0.3, -0.25) is 14.7 Å². The maximum atomic E-state index is 12.2. The molecule has 0 bridgehead atoms. The summed E-state index contributed by atoms with van der Waals surface area (Å²) in [5.74, 6) is 0.0274. The Morgan fingerprint density at radius 2 is 1.81 bits per heavy atom. The average Bonchev–Trinajstić information content (AvgIpc) is 2.96. The fourth-order valence-electron chi connectivity index (χ4n) is 2.52. The van der Waals surface area contributed by atoms with Crippen LogP contribution in [-0.4, -0.2) is 27.0 Å². The Kier molecular flexibility index (Phi) is 5.07. The Morgan fingerprint density at radius 1 is 1.04 bits per heavy atom. The molecule has 3 rings (SSSR count). The molecule has 7 nitrogen and oxygen atoms in total. The summed E-state index contributed by atoms with van der Waals surface area (Å²) in [4.78, 5) is 28.4. The SMILES string of the molecule is Cc1n[nH]c(C)c1CC(=O)Nc1ccc(NC(=O)c2ccccc2)nc1. The summed E-state index contributed by atoms with van der Waals surface area (Å²) in [6.07, 6.45) is 1.74. The number of rotatable bonds is 5. The van der Waals surface area contributed by atoms with Gasteiger partial charge in [0.1, 0.15) is 5.82 Å². The Labute approximate surface area is 150 Å². The van der Waals surface area contributed by atoms with E-state index in [1.807, 2.05) is 19.9 Å². The van der Waals surface area contributed by atoms with E-state index in [-0.39, 0.29) is 18.2 Å². The maximum Gasteiger partial charge on any atom is 0.256 e. The van der Waals surface area contributed by atoms with Crippen molar-refractivity contribution in [3.05, 3.63) is 71.2 Å². The number of hydrogen-bond acceptors (Lipinski definition) is 4. The summed E-state index contributed by atoms with van der Waals surface area (Å²) in [6.45, 7) is 3.74. The van der Waals surface area contributed by atoms with Gasteiger partial charge in [0, 0.05) is 16.8 Å². The van der Waals surface area contributed by atoms with Crippen molar-refractivity contribution in [3.8, 4) is 0 Å². The van der Waals surface area contributed by atoms with E-state index < -0.39 is 0 Å². The fourth-order valence-corrected chi connectivity index (χ4v) is 2.52. The first-order valence-electron chi connectivity index (χ1n) is 8.15. The predicted molar refractivity (Wildman–Crippen MR) is 99.0 cm³/mol. The van der Waals surface area contributed by atoms with Gasteiger partial charge in [0.15, 0.2) is 0 Å². The van der Waals surface area contributed by atoms with Crippen LogP contribution in [-0.2, 0) is 11.2 Å². The van der Waals surface area contributed by atoms with Crippen molar-refractivity contribution >= 4 is 23.3 Å². The number of hydrogen-bond donors (Lipinski definition) is 3. The zero-order valence-corrected chi connectivity index (χ0v) is 14.5. The minimum Gasteiger partial charge on any atom is -0.324 e. The summed E-state index contributed by atoms with van der Waals surface area (Å²) in [5.41, 5.74) is 3.70. The molecular weight excluding hydrogens is 330 g/mol. The Morgan fingerprint density at radius 3 is 2.42 bits per heavy atom. The third kappa shape index (κ3) is 4.13. The van der Waals surface area contributed by atoms with Crippen molar-refractivity contribution in [3.63, 3.8) is 0 Å². The molecular formula is C19H19N5O2. The van der Waals surface area contributed by atoms with Crippen molar-refractivity contribution in [2.45, 2.75) is 20.3 Å². The average molecular weight is 349 g/mol. The standard InChI is InChI=1S/C19H19N5O2/c1-12-16(13(2)24-23-12)10-18(25)21-15-8-9-17(20-11-15)22-19(26)14-6-4-3-5-7-14/h3-9,11H,10H2,1-2H3,(H,21,25)(H,23,24)(H,20,22,26). The Hall–Kier alpha value is -3.48. The van der Waals surface area contributed by atoms with E-state index in [1.54, 1.807) is 36.4 Å². The van der Waals surface area contributed by atoms with Gasteiger partial charge < -0.3 is 10.6 Å². The highest BCUT2D eigenvalue weighted by atomic mass is 16.2. The first kappa shape index (κ1) is 17.3.